The molecule has 0 aliphatic rings. The van der Waals surface area contributed by atoms with Gasteiger partial charge in [0.05, 0.1) is 19.6 Å². The van der Waals surface area contributed by atoms with E-state index in [1.54, 1.807) is 0 Å². The molecule has 1 aromatic rings. The van der Waals surface area contributed by atoms with Gasteiger partial charge in [-0.25, -0.2) is 0 Å². The summed E-state index contributed by atoms with van der Waals surface area (Å²) >= 11 is 5.77. The molecule has 0 saturated heterocycles. The molecule has 98 valence electrons. The van der Waals surface area contributed by atoms with E-state index in [1.165, 1.54) is 25.3 Å². The minimum absolute atomic E-state index is 0.263. The SMILES string of the molecule is COC(=O)CC(O)C(O)c1cc(Cl)cc(C=O)c1. The van der Waals surface area contributed by atoms with E-state index in [4.69, 9.17) is 11.6 Å². The van der Waals surface area contributed by atoms with E-state index in [9.17, 15) is 19.8 Å². The lowest BCUT2D eigenvalue weighted by atomic mass is 10.0. The smallest absolute Gasteiger partial charge is 0.308 e. The molecule has 0 fully saturated rings. The first-order chi connectivity index (χ1) is 8.47. The molecule has 5 nitrogen and oxygen atoms in total. The van der Waals surface area contributed by atoms with Crippen molar-refractivity contribution in [2.75, 3.05) is 7.11 Å². The van der Waals surface area contributed by atoms with E-state index in [1.807, 2.05) is 0 Å². The van der Waals surface area contributed by atoms with Crippen molar-refractivity contribution in [3.05, 3.63) is 34.3 Å². The highest BCUT2D eigenvalue weighted by Crippen LogP contribution is 2.23. The maximum absolute atomic E-state index is 11.0. The van der Waals surface area contributed by atoms with Crippen molar-refractivity contribution in [1.82, 2.24) is 0 Å². The summed E-state index contributed by atoms with van der Waals surface area (Å²) in [6.07, 6.45) is -2.41. The number of methoxy groups -OCH3 is 1. The summed E-state index contributed by atoms with van der Waals surface area (Å²) < 4.78 is 4.38. The van der Waals surface area contributed by atoms with Crippen LogP contribution in [0.1, 0.15) is 28.4 Å². The zero-order valence-corrected chi connectivity index (χ0v) is 10.4. The summed E-state index contributed by atoms with van der Waals surface area (Å²) in [6.45, 7) is 0. The van der Waals surface area contributed by atoms with Crippen LogP contribution in [0.15, 0.2) is 18.2 Å². The second-order valence-corrected chi connectivity index (χ2v) is 4.16. The minimum atomic E-state index is -1.32. The van der Waals surface area contributed by atoms with Crippen molar-refractivity contribution in [3.8, 4) is 0 Å². The Kier molecular flexibility index (Phi) is 5.27. The monoisotopic (exact) mass is 272 g/mol. The third-order valence-electron chi connectivity index (χ3n) is 2.39. The van der Waals surface area contributed by atoms with E-state index in [0.29, 0.717) is 6.29 Å². The highest BCUT2D eigenvalue weighted by atomic mass is 35.5. The third-order valence-corrected chi connectivity index (χ3v) is 2.61. The van der Waals surface area contributed by atoms with E-state index < -0.39 is 18.2 Å². The lowest BCUT2D eigenvalue weighted by Crippen LogP contribution is -2.22. The van der Waals surface area contributed by atoms with Gasteiger partial charge in [-0.2, -0.15) is 0 Å². The Morgan fingerprint density at radius 1 is 1.44 bits per heavy atom. The van der Waals surface area contributed by atoms with Crippen molar-refractivity contribution in [3.63, 3.8) is 0 Å². The topological polar surface area (TPSA) is 83.8 Å². The molecule has 0 aliphatic carbocycles. The maximum atomic E-state index is 11.0. The maximum Gasteiger partial charge on any atom is 0.308 e. The predicted octanol–water partition coefficient (Wildman–Crippen LogP) is 1.11. The Balaban J connectivity index is 2.88. The van der Waals surface area contributed by atoms with Gasteiger partial charge in [0.25, 0.3) is 0 Å². The lowest BCUT2D eigenvalue weighted by Gasteiger charge is -2.17. The lowest BCUT2D eigenvalue weighted by molar-refractivity contribution is -0.144. The van der Waals surface area contributed by atoms with Crippen LogP contribution in [0, 0.1) is 0 Å². The fourth-order valence-electron chi connectivity index (χ4n) is 1.46. The summed E-state index contributed by atoms with van der Waals surface area (Å²) in [5, 5.41) is 19.8. The number of aldehydes is 1. The minimum Gasteiger partial charge on any atom is -0.469 e. The Bertz CT molecular complexity index is 446. The Morgan fingerprint density at radius 3 is 2.67 bits per heavy atom. The predicted molar refractivity (Wildman–Crippen MR) is 64.4 cm³/mol. The van der Waals surface area contributed by atoms with Crippen molar-refractivity contribution in [1.29, 1.82) is 0 Å². The molecule has 1 rings (SSSR count). The Labute approximate surface area is 109 Å². The molecule has 1 aromatic carbocycles. The standard InChI is InChI=1S/C12H13ClO5/c1-18-11(16)5-10(15)12(17)8-2-7(6-14)3-9(13)4-8/h2-4,6,10,12,15,17H,5H2,1H3. The van der Waals surface area contributed by atoms with Crippen LogP contribution in [-0.4, -0.2) is 35.7 Å². The normalized spacial score (nSPS) is 13.8. The molecular formula is C12H13ClO5. The van der Waals surface area contributed by atoms with Gasteiger partial charge in [-0.05, 0) is 23.8 Å². The number of ether oxygens (including phenoxy) is 1. The second-order valence-electron chi connectivity index (χ2n) is 3.73. The number of carbonyl (C=O) groups excluding carboxylic acids is 2. The number of halogens is 1. The van der Waals surface area contributed by atoms with Crippen molar-refractivity contribution < 1.29 is 24.5 Å². The zero-order valence-electron chi connectivity index (χ0n) is 9.67. The van der Waals surface area contributed by atoms with Crippen LogP contribution >= 0.6 is 11.6 Å². The van der Waals surface area contributed by atoms with E-state index in [-0.39, 0.29) is 22.6 Å². The Hall–Kier alpha value is -1.43. The first-order valence-corrected chi connectivity index (χ1v) is 5.54. The van der Waals surface area contributed by atoms with E-state index in [2.05, 4.69) is 4.74 Å². The molecule has 0 heterocycles. The Morgan fingerprint density at radius 2 is 2.11 bits per heavy atom. The van der Waals surface area contributed by atoms with Crippen LogP contribution < -0.4 is 0 Å². The average Bonchev–Trinajstić information content (AvgIpc) is 2.36. The van der Waals surface area contributed by atoms with Crippen LogP contribution in [-0.2, 0) is 9.53 Å². The van der Waals surface area contributed by atoms with Crippen LogP contribution in [0.25, 0.3) is 0 Å². The number of rotatable bonds is 5. The van der Waals surface area contributed by atoms with Gasteiger partial charge >= 0.3 is 5.97 Å². The van der Waals surface area contributed by atoms with Gasteiger partial charge in [-0.3, -0.25) is 9.59 Å². The molecule has 2 atom stereocenters. The average molecular weight is 273 g/mol. The number of carbonyl (C=O) groups is 2. The zero-order chi connectivity index (χ0) is 13.7. The van der Waals surface area contributed by atoms with E-state index >= 15 is 0 Å². The van der Waals surface area contributed by atoms with E-state index in [0.717, 1.165) is 0 Å². The number of aliphatic hydroxyl groups is 2. The van der Waals surface area contributed by atoms with Gasteiger partial charge in [-0.1, -0.05) is 11.6 Å². The first kappa shape index (κ1) is 14.6. The number of hydrogen-bond acceptors (Lipinski definition) is 5. The summed E-state index contributed by atoms with van der Waals surface area (Å²) in [6, 6.07) is 4.24. The molecule has 0 spiro atoms. The highest BCUT2D eigenvalue weighted by molar-refractivity contribution is 6.30. The van der Waals surface area contributed by atoms with Gasteiger partial charge in [-0.15, -0.1) is 0 Å². The number of esters is 1. The summed E-state index contributed by atoms with van der Waals surface area (Å²) in [5.41, 5.74) is 0.544. The molecule has 0 bridgehead atoms. The largest absolute Gasteiger partial charge is 0.469 e. The van der Waals surface area contributed by atoms with Gasteiger partial charge in [0, 0.05) is 10.6 Å². The van der Waals surface area contributed by atoms with Gasteiger partial charge in [0.15, 0.2) is 0 Å². The summed E-state index contributed by atoms with van der Waals surface area (Å²) in [7, 11) is 1.19. The fraction of sp³-hybridized carbons (Fsp3) is 0.333. The quantitative estimate of drug-likeness (QED) is 0.620. The molecule has 0 amide bonds. The number of aliphatic hydroxyl groups excluding tert-OH is 2. The second kappa shape index (κ2) is 6.49. The third kappa shape index (κ3) is 3.80. The molecule has 0 aromatic heterocycles. The van der Waals surface area contributed by atoms with Crippen LogP contribution in [0.2, 0.25) is 5.02 Å². The van der Waals surface area contributed by atoms with Crippen molar-refractivity contribution in [2.45, 2.75) is 18.6 Å². The first-order valence-electron chi connectivity index (χ1n) is 5.16. The molecule has 0 radical (unpaired) electrons. The number of benzene rings is 1. The van der Waals surface area contributed by atoms with Crippen LogP contribution in [0.4, 0.5) is 0 Å². The van der Waals surface area contributed by atoms with Crippen LogP contribution in [0.3, 0.4) is 0 Å². The fourth-order valence-corrected chi connectivity index (χ4v) is 1.71. The molecule has 18 heavy (non-hydrogen) atoms. The summed E-state index contributed by atoms with van der Waals surface area (Å²) in [5.74, 6) is -0.640. The van der Waals surface area contributed by atoms with Crippen molar-refractivity contribution in [2.24, 2.45) is 0 Å². The molecular weight excluding hydrogens is 260 g/mol. The molecule has 2 N–H and O–H groups in total. The highest BCUT2D eigenvalue weighted by Gasteiger charge is 2.22. The van der Waals surface area contributed by atoms with Gasteiger partial charge in [0.2, 0.25) is 0 Å². The molecule has 0 saturated carbocycles. The molecule has 0 aliphatic heterocycles. The molecule has 2 unspecified atom stereocenters. The number of hydrogen-bond donors (Lipinski definition) is 2. The molecule has 6 heteroatoms. The van der Waals surface area contributed by atoms with Crippen molar-refractivity contribution >= 4 is 23.9 Å². The summed E-state index contributed by atoms with van der Waals surface area (Å²) in [4.78, 5) is 21.6. The van der Waals surface area contributed by atoms with Gasteiger partial charge < -0.3 is 14.9 Å². The van der Waals surface area contributed by atoms with Gasteiger partial charge in [0.1, 0.15) is 12.4 Å². The van der Waals surface area contributed by atoms with Crippen LogP contribution in [0.5, 0.6) is 0 Å².